The van der Waals surface area contributed by atoms with Crippen molar-refractivity contribution in [1.29, 1.82) is 0 Å². The second-order valence-electron chi connectivity index (χ2n) is 12.5. The van der Waals surface area contributed by atoms with Crippen LogP contribution in [-0.4, -0.2) is 46.0 Å². The summed E-state index contributed by atoms with van der Waals surface area (Å²) >= 11 is 0. The number of nitrogens with zero attached hydrogens (tertiary/aromatic N) is 1. The molecule has 2 aliphatic rings. The molecular formula is C35H43F2N3O5S. The van der Waals surface area contributed by atoms with E-state index in [0.717, 1.165) is 40.8 Å². The Bertz CT molecular complexity index is 1760. The van der Waals surface area contributed by atoms with Gasteiger partial charge in [0.05, 0.1) is 42.4 Å². The van der Waals surface area contributed by atoms with E-state index < -0.39 is 27.9 Å². The number of carbonyl (C=O) groups excluding carboxylic acids is 1. The number of halogens is 2. The highest BCUT2D eigenvalue weighted by molar-refractivity contribution is 7.89. The molecule has 1 aliphatic carbocycles. The van der Waals surface area contributed by atoms with E-state index in [4.69, 9.17) is 15.2 Å². The lowest BCUT2D eigenvalue weighted by atomic mass is 9.83. The molecule has 248 valence electrons. The lowest BCUT2D eigenvalue weighted by Crippen LogP contribution is -2.36. The van der Waals surface area contributed by atoms with Crippen LogP contribution in [0.5, 0.6) is 5.75 Å². The van der Waals surface area contributed by atoms with Gasteiger partial charge < -0.3 is 20.5 Å². The highest BCUT2D eigenvalue weighted by Gasteiger charge is 2.42. The van der Waals surface area contributed by atoms with E-state index in [1.54, 1.807) is 21.1 Å². The third kappa shape index (κ3) is 6.19. The number of sulfonamides is 1. The van der Waals surface area contributed by atoms with Crippen LogP contribution < -0.4 is 15.8 Å². The van der Waals surface area contributed by atoms with Crippen LogP contribution in [0.25, 0.3) is 0 Å². The van der Waals surface area contributed by atoms with Crippen molar-refractivity contribution in [2.75, 3.05) is 38.4 Å². The van der Waals surface area contributed by atoms with Crippen LogP contribution in [0.15, 0.2) is 47.4 Å². The maximum atomic E-state index is 14.4. The highest BCUT2D eigenvalue weighted by atomic mass is 32.2. The summed E-state index contributed by atoms with van der Waals surface area (Å²) in [4.78, 5) is 12.9. The van der Waals surface area contributed by atoms with Gasteiger partial charge in [-0.05, 0) is 90.6 Å². The summed E-state index contributed by atoms with van der Waals surface area (Å²) in [6.45, 7) is 6.98. The molecule has 3 aromatic carbocycles. The Hall–Kier alpha value is -3.70. The molecule has 3 N–H and O–H groups in total. The summed E-state index contributed by atoms with van der Waals surface area (Å²) in [7, 11) is -0.819. The zero-order chi connectivity index (χ0) is 33.6. The first kappa shape index (κ1) is 33.7. The fourth-order valence-corrected chi connectivity index (χ4v) is 9.17. The first-order chi connectivity index (χ1) is 21.7. The summed E-state index contributed by atoms with van der Waals surface area (Å²) in [6, 6.07) is 11.2. The summed E-state index contributed by atoms with van der Waals surface area (Å²) in [5, 5.41) is 3.06. The molecule has 3 atom stereocenters. The minimum Gasteiger partial charge on any atom is -0.494 e. The minimum absolute atomic E-state index is 0.0331. The monoisotopic (exact) mass is 655 g/mol. The molecule has 46 heavy (non-hydrogen) atoms. The van der Waals surface area contributed by atoms with Gasteiger partial charge in [0.25, 0.3) is 5.92 Å². The molecule has 0 amide bonds. The average Bonchev–Trinajstić information content (AvgIpc) is 3.40. The number of fused-ring (bicyclic) bond motifs is 2. The van der Waals surface area contributed by atoms with Gasteiger partial charge in [-0.2, -0.15) is 4.31 Å². The second-order valence-corrected chi connectivity index (χ2v) is 14.4. The number of esters is 1. The van der Waals surface area contributed by atoms with Gasteiger partial charge in [0, 0.05) is 32.0 Å². The Morgan fingerprint density at radius 2 is 1.93 bits per heavy atom. The van der Waals surface area contributed by atoms with E-state index in [9.17, 15) is 22.0 Å². The number of anilines is 2. The Kier molecular flexibility index (Phi) is 9.39. The van der Waals surface area contributed by atoms with Crippen molar-refractivity contribution >= 4 is 27.4 Å². The number of benzene rings is 3. The van der Waals surface area contributed by atoms with E-state index >= 15 is 0 Å². The van der Waals surface area contributed by atoms with Crippen LogP contribution in [0.4, 0.5) is 20.2 Å². The Morgan fingerprint density at radius 1 is 1.20 bits per heavy atom. The number of hydrogen-bond donors (Lipinski definition) is 2. The summed E-state index contributed by atoms with van der Waals surface area (Å²) in [5.41, 5.74) is 12.2. The van der Waals surface area contributed by atoms with Crippen LogP contribution in [0.2, 0.25) is 0 Å². The first-order valence-corrected chi connectivity index (χ1v) is 17.1. The number of rotatable bonds is 9. The molecule has 0 saturated carbocycles. The third-order valence-electron chi connectivity index (χ3n) is 9.26. The number of aryl methyl sites for hydroxylation is 1. The second kappa shape index (κ2) is 12.8. The van der Waals surface area contributed by atoms with Crippen molar-refractivity contribution < 1.29 is 31.5 Å². The van der Waals surface area contributed by atoms with Gasteiger partial charge in [0.15, 0.2) is 0 Å². The average molecular weight is 656 g/mol. The molecule has 1 aliphatic heterocycles. The maximum Gasteiger partial charge on any atom is 0.306 e. The molecule has 3 aromatic rings. The molecule has 5 rings (SSSR count). The number of nitrogen functional groups attached to an aromatic ring is 1. The molecular weight excluding hydrogens is 612 g/mol. The van der Waals surface area contributed by atoms with Gasteiger partial charge in [0.2, 0.25) is 10.0 Å². The molecule has 0 radical (unpaired) electrons. The Labute approximate surface area is 270 Å². The lowest BCUT2D eigenvalue weighted by Gasteiger charge is -2.31. The van der Waals surface area contributed by atoms with Gasteiger partial charge in [-0.3, -0.25) is 4.79 Å². The predicted octanol–water partition coefficient (Wildman–Crippen LogP) is 6.69. The fourth-order valence-electron chi connectivity index (χ4n) is 7.17. The van der Waals surface area contributed by atoms with E-state index in [1.807, 2.05) is 38.1 Å². The van der Waals surface area contributed by atoms with Crippen molar-refractivity contribution in [3.63, 3.8) is 0 Å². The lowest BCUT2D eigenvalue weighted by molar-refractivity contribution is -0.143. The molecule has 8 nitrogen and oxygen atoms in total. The number of hydrogen-bond acceptors (Lipinski definition) is 7. The van der Waals surface area contributed by atoms with Gasteiger partial charge in [-0.1, -0.05) is 31.2 Å². The van der Waals surface area contributed by atoms with Gasteiger partial charge in [-0.15, -0.1) is 0 Å². The maximum absolute atomic E-state index is 14.4. The van der Waals surface area contributed by atoms with Gasteiger partial charge in [0.1, 0.15) is 5.75 Å². The first-order valence-electron chi connectivity index (χ1n) is 15.7. The van der Waals surface area contributed by atoms with Gasteiger partial charge >= 0.3 is 5.97 Å². The number of carbonyl (C=O) groups is 1. The SMILES string of the molecule is CCOC(=O)CC(c1cc(N)c(NC)c(OC)c1)c1ccc(C)c2c1CCC2N1C[C@@H](C)Cc2ccc(C(C)(F)F)cc2S1(=O)=O. The van der Waals surface area contributed by atoms with E-state index in [0.29, 0.717) is 42.0 Å². The normalized spacial score (nSPS) is 19.9. The molecule has 0 aromatic heterocycles. The topological polar surface area (TPSA) is 111 Å². The molecule has 0 spiro atoms. The number of alkyl halides is 2. The molecule has 2 unspecified atom stereocenters. The summed E-state index contributed by atoms with van der Waals surface area (Å²) < 4.78 is 70.0. The van der Waals surface area contributed by atoms with Crippen molar-refractivity contribution in [2.45, 2.75) is 76.2 Å². The van der Waals surface area contributed by atoms with Crippen molar-refractivity contribution in [3.8, 4) is 5.75 Å². The zero-order valence-corrected chi connectivity index (χ0v) is 28.1. The number of nitrogens with two attached hydrogens (primary N) is 1. The van der Waals surface area contributed by atoms with E-state index in [-0.39, 0.29) is 41.9 Å². The Balaban J connectivity index is 1.64. The van der Waals surface area contributed by atoms with E-state index in [2.05, 4.69) is 5.32 Å². The summed E-state index contributed by atoms with van der Waals surface area (Å²) in [5.74, 6) is -3.48. The predicted molar refractivity (Wildman–Crippen MR) is 175 cm³/mol. The smallest absolute Gasteiger partial charge is 0.306 e. The molecule has 0 bridgehead atoms. The minimum atomic E-state index is -4.13. The van der Waals surface area contributed by atoms with Crippen molar-refractivity contribution in [3.05, 3.63) is 81.4 Å². The van der Waals surface area contributed by atoms with Crippen LogP contribution in [0.1, 0.15) is 84.5 Å². The van der Waals surface area contributed by atoms with E-state index in [1.165, 1.54) is 16.4 Å². The van der Waals surface area contributed by atoms with Crippen LogP contribution >= 0.6 is 0 Å². The fraction of sp³-hybridized carbons (Fsp3) is 0.457. The van der Waals surface area contributed by atoms with Gasteiger partial charge in [-0.25, -0.2) is 17.2 Å². The molecule has 0 saturated heterocycles. The standard InChI is InChI=1S/C35H43F2N3O5S/c1-7-45-32(41)18-27(23-15-28(38)34(39-5)30(16-23)44-6)25-11-8-21(3)33-26(25)12-13-29(33)40-19-20(2)14-22-9-10-24(35(4,36)37)17-31(22)46(40,42)43/h8-11,15-17,20,27,29,39H,7,12-14,18-19,38H2,1-6H3/t20-,27?,29?/m0/s1. The molecule has 1 heterocycles. The Morgan fingerprint density at radius 3 is 2.59 bits per heavy atom. The number of ether oxygens (including phenoxy) is 2. The number of nitrogens with one attached hydrogen (secondary N) is 1. The quantitative estimate of drug-likeness (QED) is 0.195. The molecule has 0 fully saturated rings. The third-order valence-corrected chi connectivity index (χ3v) is 11.2. The van der Waals surface area contributed by atoms with Crippen molar-refractivity contribution in [2.24, 2.45) is 5.92 Å². The zero-order valence-electron chi connectivity index (χ0n) is 27.2. The number of methoxy groups -OCH3 is 1. The highest BCUT2D eigenvalue weighted by Crippen LogP contribution is 2.48. The van der Waals surface area contributed by atoms with Crippen LogP contribution in [0, 0.1) is 12.8 Å². The van der Waals surface area contributed by atoms with Crippen LogP contribution in [0.3, 0.4) is 0 Å². The molecule has 11 heteroatoms. The van der Waals surface area contributed by atoms with Crippen LogP contribution in [-0.2, 0) is 38.3 Å². The summed E-state index contributed by atoms with van der Waals surface area (Å²) in [6.07, 6.45) is 1.62. The van der Waals surface area contributed by atoms with Crippen molar-refractivity contribution in [1.82, 2.24) is 4.31 Å². The largest absolute Gasteiger partial charge is 0.494 e.